The van der Waals surface area contributed by atoms with Crippen LogP contribution in [0.4, 0.5) is 10.1 Å². The number of benzene rings is 1. The average Bonchev–Trinajstić information content (AvgIpc) is 2.99. The molecular formula is C20H25FN2O6S. The molecule has 2 aliphatic heterocycles. The van der Waals surface area contributed by atoms with Crippen molar-refractivity contribution in [3.05, 3.63) is 39.7 Å². The van der Waals surface area contributed by atoms with Crippen LogP contribution in [0, 0.1) is 21.8 Å². The van der Waals surface area contributed by atoms with Gasteiger partial charge in [-0.15, -0.1) is 11.8 Å². The number of nitro benzene ring substituents is 1. The van der Waals surface area contributed by atoms with Crippen molar-refractivity contribution in [3.8, 4) is 0 Å². The maximum absolute atomic E-state index is 14.9. The maximum atomic E-state index is 14.9. The van der Waals surface area contributed by atoms with Crippen LogP contribution in [0.3, 0.4) is 0 Å². The lowest BCUT2D eigenvalue weighted by atomic mass is 9.78. The van der Waals surface area contributed by atoms with Crippen LogP contribution < -0.4 is 0 Å². The summed E-state index contributed by atoms with van der Waals surface area (Å²) >= 11 is 1.39. The second kappa shape index (κ2) is 8.60. The third-order valence-corrected chi connectivity index (χ3v) is 6.10. The first-order valence-electron chi connectivity index (χ1n) is 9.54. The van der Waals surface area contributed by atoms with Gasteiger partial charge in [-0.3, -0.25) is 19.9 Å². The second-order valence-corrected chi connectivity index (χ2v) is 9.43. The van der Waals surface area contributed by atoms with Crippen LogP contribution >= 0.6 is 11.8 Å². The van der Waals surface area contributed by atoms with Crippen LogP contribution in [-0.2, 0) is 24.5 Å². The number of methoxy groups -OCH3 is 1. The van der Waals surface area contributed by atoms with Crippen LogP contribution in [0.1, 0.15) is 32.8 Å². The molecule has 1 aromatic carbocycles. The van der Waals surface area contributed by atoms with Gasteiger partial charge in [-0.05, 0) is 26.8 Å². The van der Waals surface area contributed by atoms with Crippen molar-refractivity contribution < 1.29 is 28.3 Å². The highest BCUT2D eigenvalue weighted by atomic mass is 32.2. The number of rotatable bonds is 6. The van der Waals surface area contributed by atoms with E-state index in [0.29, 0.717) is 17.4 Å². The summed E-state index contributed by atoms with van der Waals surface area (Å²) < 4.78 is 31.4. The molecule has 0 radical (unpaired) electrons. The van der Waals surface area contributed by atoms with Crippen molar-refractivity contribution in [1.29, 1.82) is 0 Å². The summed E-state index contributed by atoms with van der Waals surface area (Å²) in [6.45, 7) is 5.66. The van der Waals surface area contributed by atoms with E-state index in [0.717, 1.165) is 12.1 Å². The zero-order valence-corrected chi connectivity index (χ0v) is 18.2. The molecule has 0 saturated carbocycles. The molecule has 2 heterocycles. The minimum absolute atomic E-state index is 0.0438. The molecule has 1 saturated heterocycles. The topological polar surface area (TPSA) is 100 Å². The second-order valence-electron chi connectivity index (χ2n) is 8.34. The Kier molecular flexibility index (Phi) is 6.49. The number of carbonyl (C=O) groups excluding carboxylic acids is 1. The number of esters is 1. The molecule has 0 aromatic heterocycles. The number of halogens is 1. The third-order valence-electron chi connectivity index (χ3n) is 5.01. The smallest absolute Gasteiger partial charge is 0.312 e. The summed E-state index contributed by atoms with van der Waals surface area (Å²) in [5, 5.41) is 11.8. The molecule has 0 aliphatic carbocycles. The first-order chi connectivity index (χ1) is 14.1. The molecule has 0 N–H and O–H groups in total. The molecule has 1 aromatic rings. The maximum Gasteiger partial charge on any atom is 0.312 e. The molecule has 0 unspecified atom stereocenters. The monoisotopic (exact) mass is 440 g/mol. The number of hydrogen-bond donors (Lipinski definition) is 0. The number of nitro groups is 1. The van der Waals surface area contributed by atoms with Gasteiger partial charge in [0.05, 0.1) is 35.7 Å². The summed E-state index contributed by atoms with van der Waals surface area (Å²) in [5.74, 6) is -0.785. The highest BCUT2D eigenvalue weighted by molar-refractivity contribution is 8.14. The third kappa shape index (κ3) is 4.65. The molecule has 2 aliphatic rings. The fourth-order valence-electron chi connectivity index (χ4n) is 3.78. The average molecular weight is 440 g/mol. The Bertz CT molecular complexity index is 871. The van der Waals surface area contributed by atoms with E-state index < -0.39 is 27.8 Å². The fraction of sp³-hybridized carbons (Fsp3) is 0.600. The Morgan fingerprint density at radius 1 is 1.47 bits per heavy atom. The summed E-state index contributed by atoms with van der Waals surface area (Å²) in [7, 11) is 1.55. The van der Waals surface area contributed by atoms with E-state index in [2.05, 4.69) is 0 Å². The molecule has 3 rings (SSSR count). The largest absolute Gasteiger partial charge is 0.460 e. The molecule has 10 heteroatoms. The lowest BCUT2D eigenvalue weighted by Gasteiger charge is -2.36. The Hall–Kier alpha value is -2.04. The van der Waals surface area contributed by atoms with Gasteiger partial charge in [-0.25, -0.2) is 4.39 Å². The minimum atomic E-state index is -1.16. The van der Waals surface area contributed by atoms with Gasteiger partial charge in [0.1, 0.15) is 17.0 Å². The molecule has 0 bridgehead atoms. The van der Waals surface area contributed by atoms with E-state index in [1.54, 1.807) is 27.9 Å². The lowest BCUT2D eigenvalue weighted by molar-refractivity contribution is -0.385. The van der Waals surface area contributed by atoms with Crippen molar-refractivity contribution in [2.75, 3.05) is 26.1 Å². The quantitative estimate of drug-likeness (QED) is 0.379. The van der Waals surface area contributed by atoms with E-state index >= 15 is 0 Å². The van der Waals surface area contributed by atoms with Gasteiger partial charge in [0.15, 0.2) is 0 Å². The van der Waals surface area contributed by atoms with Crippen molar-refractivity contribution in [2.45, 2.75) is 44.4 Å². The fourth-order valence-corrected chi connectivity index (χ4v) is 5.09. The molecule has 164 valence electrons. The van der Waals surface area contributed by atoms with Gasteiger partial charge < -0.3 is 14.2 Å². The van der Waals surface area contributed by atoms with Gasteiger partial charge in [0, 0.05) is 36.5 Å². The van der Waals surface area contributed by atoms with E-state index in [4.69, 9.17) is 19.2 Å². The zero-order chi connectivity index (χ0) is 22.1. The first kappa shape index (κ1) is 22.6. The number of non-ortho nitro benzene ring substituents is 1. The van der Waals surface area contributed by atoms with Crippen LogP contribution in [0.2, 0.25) is 0 Å². The lowest BCUT2D eigenvalue weighted by Crippen LogP contribution is -2.42. The van der Waals surface area contributed by atoms with Crippen LogP contribution in [0.25, 0.3) is 0 Å². The number of thioether (sulfide) groups is 1. The summed E-state index contributed by atoms with van der Waals surface area (Å²) in [5.41, 5.74) is -1.93. The van der Waals surface area contributed by atoms with Crippen LogP contribution in [0.15, 0.2) is 23.2 Å². The van der Waals surface area contributed by atoms with E-state index in [1.165, 1.54) is 17.8 Å². The van der Waals surface area contributed by atoms with Gasteiger partial charge in [-0.2, -0.15) is 0 Å². The van der Waals surface area contributed by atoms with Gasteiger partial charge >= 0.3 is 5.97 Å². The molecule has 8 nitrogen and oxygen atoms in total. The van der Waals surface area contributed by atoms with Gasteiger partial charge in [-0.1, -0.05) is 0 Å². The number of ether oxygens (including phenoxy) is 3. The number of fused-ring (bicyclic) bond motifs is 1. The molecular weight excluding hydrogens is 415 g/mol. The Morgan fingerprint density at radius 2 is 2.20 bits per heavy atom. The molecule has 0 amide bonds. The minimum Gasteiger partial charge on any atom is -0.460 e. The van der Waals surface area contributed by atoms with Crippen LogP contribution in [0.5, 0.6) is 0 Å². The van der Waals surface area contributed by atoms with Crippen molar-refractivity contribution in [2.24, 2.45) is 10.9 Å². The molecule has 0 spiro atoms. The normalized spacial score (nSPS) is 26.1. The summed E-state index contributed by atoms with van der Waals surface area (Å²) in [6, 6.07) is 3.41. The SMILES string of the molecule is COC[C@H]1OC[C@]2(c3cc([N+](=O)[O-])ccc3F)N=C(CC(=O)OC(C)(C)C)SC[C@H]12. The van der Waals surface area contributed by atoms with E-state index in [9.17, 15) is 19.3 Å². The van der Waals surface area contributed by atoms with Crippen molar-refractivity contribution in [1.82, 2.24) is 0 Å². The Balaban J connectivity index is 2.02. The van der Waals surface area contributed by atoms with Gasteiger partial charge in [0.2, 0.25) is 0 Å². The zero-order valence-electron chi connectivity index (χ0n) is 17.3. The Morgan fingerprint density at radius 3 is 2.83 bits per heavy atom. The first-order valence-corrected chi connectivity index (χ1v) is 10.5. The summed E-state index contributed by atoms with van der Waals surface area (Å²) in [6.07, 6.45) is -0.393. The number of aliphatic imine (C=N–C) groups is 1. The number of nitrogens with zero attached hydrogens (tertiary/aromatic N) is 2. The number of hydrogen-bond acceptors (Lipinski definition) is 8. The standard InChI is InChI=1S/C20H25FN2O6S/c1-19(2,3)29-18(24)8-17-22-20(11-28-16(9-27-4)14(20)10-30-17)13-7-12(23(25)26)5-6-15(13)21/h5-7,14,16H,8-11H2,1-4H3/t14-,16-,20-/m1/s1. The van der Waals surface area contributed by atoms with E-state index in [-0.39, 0.29) is 36.3 Å². The van der Waals surface area contributed by atoms with Crippen LogP contribution in [-0.4, -0.2) is 53.7 Å². The van der Waals surface area contributed by atoms with Crippen molar-refractivity contribution in [3.63, 3.8) is 0 Å². The van der Waals surface area contributed by atoms with E-state index in [1.807, 2.05) is 0 Å². The highest BCUT2D eigenvalue weighted by Crippen LogP contribution is 2.49. The van der Waals surface area contributed by atoms with Gasteiger partial charge in [0.25, 0.3) is 5.69 Å². The Labute approximate surface area is 178 Å². The molecule has 1 fully saturated rings. The molecule has 30 heavy (non-hydrogen) atoms. The highest BCUT2D eigenvalue weighted by Gasteiger charge is 2.54. The predicted octanol–water partition coefficient (Wildman–Crippen LogP) is 3.47. The summed E-state index contributed by atoms with van der Waals surface area (Å²) in [4.78, 5) is 27.8. The predicted molar refractivity (Wildman–Crippen MR) is 110 cm³/mol. The molecule has 3 atom stereocenters. The van der Waals surface area contributed by atoms with Crippen molar-refractivity contribution >= 4 is 28.5 Å². The number of carbonyl (C=O) groups is 1.